The molecule has 136 valence electrons. The van der Waals surface area contributed by atoms with Crippen LogP contribution in [-0.2, 0) is 18.3 Å². The van der Waals surface area contributed by atoms with Gasteiger partial charge in [-0.2, -0.15) is 10.1 Å². The topological polar surface area (TPSA) is 98.7 Å². The van der Waals surface area contributed by atoms with Crippen molar-refractivity contribution in [1.82, 2.24) is 30.2 Å². The smallest absolute Gasteiger partial charge is 0.226 e. The van der Waals surface area contributed by atoms with E-state index >= 15 is 0 Å². The van der Waals surface area contributed by atoms with Crippen LogP contribution in [0.3, 0.4) is 0 Å². The van der Waals surface area contributed by atoms with Gasteiger partial charge < -0.3 is 9.84 Å². The quantitative estimate of drug-likeness (QED) is 0.699. The SMILES string of the molecule is Cc1nn(C)cc1[C@H](C)NC(=O)CCCc1nc(-c2cccnc2)no1. The molecular weight excluding hydrogens is 332 g/mol. The number of hydrogen-bond donors (Lipinski definition) is 1. The van der Waals surface area contributed by atoms with E-state index < -0.39 is 0 Å². The molecule has 1 N–H and O–H groups in total. The number of aryl methyl sites for hydroxylation is 3. The number of amides is 1. The second kappa shape index (κ2) is 7.90. The van der Waals surface area contributed by atoms with Crippen molar-refractivity contribution in [2.45, 2.75) is 39.2 Å². The highest BCUT2D eigenvalue weighted by Crippen LogP contribution is 2.17. The number of aromatic nitrogens is 5. The molecule has 1 amide bonds. The third-order valence-corrected chi connectivity index (χ3v) is 4.08. The molecule has 3 heterocycles. The van der Waals surface area contributed by atoms with Crippen LogP contribution < -0.4 is 5.32 Å². The predicted octanol–water partition coefficient (Wildman–Crippen LogP) is 2.37. The number of nitrogens with zero attached hydrogens (tertiary/aromatic N) is 5. The maximum absolute atomic E-state index is 12.1. The van der Waals surface area contributed by atoms with Gasteiger partial charge >= 0.3 is 0 Å². The molecule has 3 rings (SSSR count). The summed E-state index contributed by atoms with van der Waals surface area (Å²) in [6, 6.07) is 3.62. The van der Waals surface area contributed by atoms with Crippen molar-refractivity contribution >= 4 is 5.91 Å². The van der Waals surface area contributed by atoms with Crippen LogP contribution in [-0.4, -0.2) is 30.8 Å². The van der Waals surface area contributed by atoms with Crippen molar-refractivity contribution in [2.75, 3.05) is 0 Å². The molecule has 0 aliphatic rings. The van der Waals surface area contributed by atoms with E-state index in [1.807, 2.05) is 39.2 Å². The normalized spacial score (nSPS) is 12.1. The van der Waals surface area contributed by atoms with Gasteiger partial charge in [0.15, 0.2) is 0 Å². The van der Waals surface area contributed by atoms with E-state index in [1.165, 1.54) is 0 Å². The fourth-order valence-electron chi connectivity index (χ4n) is 2.80. The van der Waals surface area contributed by atoms with E-state index in [-0.39, 0.29) is 11.9 Å². The summed E-state index contributed by atoms with van der Waals surface area (Å²) in [5.41, 5.74) is 2.76. The fraction of sp³-hybridized carbons (Fsp3) is 0.389. The maximum Gasteiger partial charge on any atom is 0.226 e. The van der Waals surface area contributed by atoms with Crippen LogP contribution in [0.25, 0.3) is 11.4 Å². The van der Waals surface area contributed by atoms with Crippen molar-refractivity contribution in [3.05, 3.63) is 47.9 Å². The molecule has 0 saturated carbocycles. The molecule has 26 heavy (non-hydrogen) atoms. The first kappa shape index (κ1) is 17.8. The molecule has 0 aliphatic carbocycles. The summed E-state index contributed by atoms with van der Waals surface area (Å²) in [7, 11) is 1.87. The Morgan fingerprint density at radius 2 is 2.27 bits per heavy atom. The number of carbonyl (C=O) groups is 1. The molecule has 0 fully saturated rings. The summed E-state index contributed by atoms with van der Waals surface area (Å²) in [6.45, 7) is 3.90. The molecule has 3 aromatic rings. The maximum atomic E-state index is 12.1. The summed E-state index contributed by atoms with van der Waals surface area (Å²) in [4.78, 5) is 20.5. The lowest BCUT2D eigenvalue weighted by atomic mass is 10.1. The van der Waals surface area contributed by atoms with Gasteiger partial charge in [0.25, 0.3) is 0 Å². The molecule has 8 nitrogen and oxygen atoms in total. The Morgan fingerprint density at radius 1 is 1.42 bits per heavy atom. The lowest BCUT2D eigenvalue weighted by Gasteiger charge is -2.12. The van der Waals surface area contributed by atoms with Gasteiger partial charge in [0, 0.05) is 49.6 Å². The van der Waals surface area contributed by atoms with E-state index in [9.17, 15) is 4.79 Å². The standard InChI is InChI=1S/C18H22N6O2/c1-12(15-11-24(3)22-13(15)2)20-16(25)7-4-8-17-21-18(23-26-17)14-6-5-9-19-10-14/h5-6,9-12H,4,7-8H2,1-3H3,(H,20,25)/t12-/m0/s1. The Balaban J connectivity index is 1.47. The Morgan fingerprint density at radius 3 is 2.96 bits per heavy atom. The zero-order chi connectivity index (χ0) is 18.5. The van der Waals surface area contributed by atoms with Gasteiger partial charge in [-0.25, -0.2) is 0 Å². The highest BCUT2D eigenvalue weighted by molar-refractivity contribution is 5.76. The van der Waals surface area contributed by atoms with Crippen LogP contribution in [0.2, 0.25) is 0 Å². The first-order chi connectivity index (χ1) is 12.5. The van der Waals surface area contributed by atoms with Gasteiger partial charge in [0.05, 0.1) is 11.7 Å². The number of nitrogens with one attached hydrogen (secondary N) is 1. The number of rotatable bonds is 7. The molecule has 0 aromatic carbocycles. The van der Waals surface area contributed by atoms with Crippen molar-refractivity contribution in [3.8, 4) is 11.4 Å². The number of pyridine rings is 1. The van der Waals surface area contributed by atoms with Gasteiger partial charge in [-0.3, -0.25) is 14.5 Å². The van der Waals surface area contributed by atoms with Crippen molar-refractivity contribution in [1.29, 1.82) is 0 Å². The minimum Gasteiger partial charge on any atom is -0.349 e. The monoisotopic (exact) mass is 354 g/mol. The van der Waals surface area contributed by atoms with Gasteiger partial charge in [-0.1, -0.05) is 5.16 Å². The predicted molar refractivity (Wildman–Crippen MR) is 95.0 cm³/mol. The first-order valence-corrected chi connectivity index (χ1v) is 8.55. The Kier molecular flexibility index (Phi) is 5.40. The zero-order valence-corrected chi connectivity index (χ0v) is 15.1. The zero-order valence-electron chi connectivity index (χ0n) is 15.1. The largest absolute Gasteiger partial charge is 0.349 e. The van der Waals surface area contributed by atoms with Gasteiger partial charge in [-0.05, 0) is 32.4 Å². The molecule has 0 aliphatic heterocycles. The Labute approximate surface area is 151 Å². The lowest BCUT2D eigenvalue weighted by Crippen LogP contribution is -2.26. The minimum atomic E-state index is -0.0724. The Bertz CT molecular complexity index is 871. The average molecular weight is 354 g/mol. The molecule has 3 aromatic heterocycles. The van der Waals surface area contributed by atoms with Crippen molar-refractivity contribution < 1.29 is 9.32 Å². The van der Waals surface area contributed by atoms with Crippen LogP contribution in [0.15, 0.2) is 35.2 Å². The van der Waals surface area contributed by atoms with Crippen LogP contribution in [0.1, 0.15) is 43.0 Å². The van der Waals surface area contributed by atoms with Crippen LogP contribution >= 0.6 is 0 Å². The van der Waals surface area contributed by atoms with Gasteiger partial charge in [-0.15, -0.1) is 0 Å². The molecule has 0 bridgehead atoms. The summed E-state index contributed by atoms with van der Waals surface area (Å²) in [6.07, 6.45) is 6.90. The lowest BCUT2D eigenvalue weighted by molar-refractivity contribution is -0.121. The third-order valence-electron chi connectivity index (χ3n) is 4.08. The minimum absolute atomic E-state index is 0.00671. The van der Waals surface area contributed by atoms with Crippen LogP contribution in [0.5, 0.6) is 0 Å². The second-order valence-electron chi connectivity index (χ2n) is 6.24. The molecular formula is C18H22N6O2. The van der Waals surface area contributed by atoms with Gasteiger partial charge in [0.1, 0.15) is 0 Å². The molecule has 0 saturated heterocycles. The summed E-state index contributed by atoms with van der Waals surface area (Å²) in [5.74, 6) is 1.03. The van der Waals surface area contributed by atoms with E-state index in [0.29, 0.717) is 31.0 Å². The summed E-state index contributed by atoms with van der Waals surface area (Å²) >= 11 is 0. The Hall–Kier alpha value is -3.03. The van der Waals surface area contributed by atoms with E-state index in [0.717, 1.165) is 16.8 Å². The molecule has 8 heteroatoms. The summed E-state index contributed by atoms with van der Waals surface area (Å²) < 4.78 is 6.99. The number of carbonyl (C=O) groups excluding carboxylic acids is 1. The molecule has 1 atom stereocenters. The highest BCUT2D eigenvalue weighted by Gasteiger charge is 2.15. The van der Waals surface area contributed by atoms with E-state index in [1.54, 1.807) is 17.1 Å². The van der Waals surface area contributed by atoms with E-state index in [2.05, 4.69) is 25.5 Å². The average Bonchev–Trinajstić information content (AvgIpc) is 3.22. The third kappa shape index (κ3) is 4.33. The summed E-state index contributed by atoms with van der Waals surface area (Å²) in [5, 5.41) is 11.3. The van der Waals surface area contributed by atoms with Crippen molar-refractivity contribution in [2.24, 2.45) is 7.05 Å². The highest BCUT2D eigenvalue weighted by atomic mass is 16.5. The van der Waals surface area contributed by atoms with Crippen LogP contribution in [0.4, 0.5) is 0 Å². The first-order valence-electron chi connectivity index (χ1n) is 8.55. The number of hydrogen-bond acceptors (Lipinski definition) is 6. The molecule has 0 radical (unpaired) electrons. The fourth-order valence-corrected chi connectivity index (χ4v) is 2.80. The van der Waals surface area contributed by atoms with Gasteiger partial charge in [0.2, 0.25) is 17.6 Å². The molecule has 0 unspecified atom stereocenters. The second-order valence-corrected chi connectivity index (χ2v) is 6.24. The van der Waals surface area contributed by atoms with E-state index in [4.69, 9.17) is 4.52 Å². The van der Waals surface area contributed by atoms with Crippen molar-refractivity contribution in [3.63, 3.8) is 0 Å². The van der Waals surface area contributed by atoms with Crippen LogP contribution in [0, 0.1) is 6.92 Å². The molecule has 0 spiro atoms.